The van der Waals surface area contributed by atoms with E-state index in [0.717, 1.165) is 0 Å². The molecule has 0 bridgehead atoms. The third-order valence-electron chi connectivity index (χ3n) is 2.60. The number of alkyl halides is 1. The first-order valence-corrected chi connectivity index (χ1v) is 4.86. The van der Waals surface area contributed by atoms with Gasteiger partial charge in [0.1, 0.15) is 11.5 Å². The third kappa shape index (κ3) is 1.22. The number of halogens is 1. The number of rotatable bonds is 0. The second-order valence-electron chi connectivity index (χ2n) is 3.54. The summed E-state index contributed by atoms with van der Waals surface area (Å²) in [6, 6.07) is 14.4. The highest BCUT2D eigenvalue weighted by Crippen LogP contribution is 2.44. The predicted molar refractivity (Wildman–Crippen MR) is 55.9 cm³/mol. The third-order valence-corrected chi connectivity index (χ3v) is 2.60. The fourth-order valence-corrected chi connectivity index (χ4v) is 1.85. The van der Waals surface area contributed by atoms with Crippen molar-refractivity contribution in [2.45, 2.75) is 6.17 Å². The van der Waals surface area contributed by atoms with Gasteiger partial charge in [-0.15, -0.1) is 0 Å². The van der Waals surface area contributed by atoms with Crippen LogP contribution in [-0.4, -0.2) is 0 Å². The molecule has 0 spiro atoms. The molecule has 3 rings (SSSR count). The van der Waals surface area contributed by atoms with Crippen LogP contribution in [-0.2, 0) is 0 Å². The number of hydrogen-bond donors (Lipinski definition) is 0. The van der Waals surface area contributed by atoms with Gasteiger partial charge >= 0.3 is 0 Å². The molecule has 0 unspecified atom stereocenters. The standard InChI is InChI=1S/C13H9FO/c14-13-9-5-1-3-7-11(9)15-12-8-4-2-6-10(12)13/h1-8,13H. The van der Waals surface area contributed by atoms with Crippen LogP contribution in [0.2, 0.25) is 0 Å². The Balaban J connectivity index is 2.20. The first kappa shape index (κ1) is 8.48. The molecular formula is C13H9FO. The molecule has 2 aromatic carbocycles. The SMILES string of the molecule is FC1c2ccccc2Oc2ccccc21. The first-order valence-electron chi connectivity index (χ1n) is 4.86. The van der Waals surface area contributed by atoms with Crippen LogP contribution in [0.1, 0.15) is 17.3 Å². The second kappa shape index (κ2) is 3.09. The van der Waals surface area contributed by atoms with E-state index in [1.807, 2.05) is 24.3 Å². The van der Waals surface area contributed by atoms with Gasteiger partial charge in [0.25, 0.3) is 0 Å². The molecule has 0 atom stereocenters. The maximum absolute atomic E-state index is 14.1. The van der Waals surface area contributed by atoms with Gasteiger partial charge < -0.3 is 4.74 Å². The van der Waals surface area contributed by atoms with E-state index in [1.165, 1.54) is 0 Å². The molecule has 1 nitrogen and oxygen atoms in total. The van der Waals surface area contributed by atoms with Crippen molar-refractivity contribution in [3.8, 4) is 11.5 Å². The van der Waals surface area contributed by atoms with Gasteiger partial charge in [-0.2, -0.15) is 0 Å². The van der Waals surface area contributed by atoms with Crippen LogP contribution in [0.3, 0.4) is 0 Å². The summed E-state index contributed by atoms with van der Waals surface area (Å²) in [5.41, 5.74) is 1.22. The lowest BCUT2D eigenvalue weighted by atomic mass is 9.99. The molecule has 1 aliphatic heterocycles. The summed E-state index contributed by atoms with van der Waals surface area (Å²) in [6.07, 6.45) is -1.08. The van der Waals surface area contributed by atoms with E-state index >= 15 is 0 Å². The molecule has 0 saturated heterocycles. The zero-order valence-corrected chi connectivity index (χ0v) is 7.98. The lowest BCUT2D eigenvalue weighted by molar-refractivity contribution is 0.345. The van der Waals surface area contributed by atoms with E-state index < -0.39 is 6.17 Å². The van der Waals surface area contributed by atoms with Gasteiger partial charge in [-0.3, -0.25) is 0 Å². The predicted octanol–water partition coefficient (Wildman–Crippen LogP) is 3.85. The van der Waals surface area contributed by atoms with E-state index in [1.54, 1.807) is 24.3 Å². The molecule has 74 valence electrons. The Kier molecular flexibility index (Phi) is 1.75. The Labute approximate surface area is 87.1 Å². The summed E-state index contributed by atoms with van der Waals surface area (Å²) in [4.78, 5) is 0. The largest absolute Gasteiger partial charge is 0.457 e. The Morgan fingerprint density at radius 3 is 1.80 bits per heavy atom. The van der Waals surface area contributed by atoms with Gasteiger partial charge in [-0.1, -0.05) is 36.4 Å². The number of ether oxygens (including phenoxy) is 1. The van der Waals surface area contributed by atoms with Crippen LogP contribution >= 0.6 is 0 Å². The zero-order chi connectivity index (χ0) is 10.3. The molecule has 2 aromatic rings. The van der Waals surface area contributed by atoms with Crippen molar-refractivity contribution >= 4 is 0 Å². The van der Waals surface area contributed by atoms with Gasteiger partial charge in [-0.25, -0.2) is 4.39 Å². The molecule has 0 aliphatic carbocycles. The molecule has 0 N–H and O–H groups in total. The van der Waals surface area contributed by atoms with Crippen molar-refractivity contribution < 1.29 is 9.13 Å². The highest BCUT2D eigenvalue weighted by atomic mass is 19.1. The quantitative estimate of drug-likeness (QED) is 0.627. The minimum Gasteiger partial charge on any atom is -0.457 e. The average molecular weight is 200 g/mol. The van der Waals surface area contributed by atoms with E-state index in [-0.39, 0.29) is 0 Å². The average Bonchev–Trinajstić information content (AvgIpc) is 2.30. The monoisotopic (exact) mass is 200 g/mol. The van der Waals surface area contributed by atoms with E-state index in [9.17, 15) is 4.39 Å². The molecular weight excluding hydrogens is 191 g/mol. The van der Waals surface area contributed by atoms with Crippen molar-refractivity contribution in [2.24, 2.45) is 0 Å². The van der Waals surface area contributed by atoms with Crippen molar-refractivity contribution in [2.75, 3.05) is 0 Å². The number of para-hydroxylation sites is 2. The van der Waals surface area contributed by atoms with Crippen LogP contribution in [0, 0.1) is 0 Å². The highest BCUT2D eigenvalue weighted by Gasteiger charge is 2.25. The zero-order valence-electron chi connectivity index (χ0n) is 7.98. The first-order chi connectivity index (χ1) is 7.36. The van der Waals surface area contributed by atoms with E-state index in [4.69, 9.17) is 4.74 Å². The van der Waals surface area contributed by atoms with Crippen LogP contribution in [0.15, 0.2) is 48.5 Å². The molecule has 15 heavy (non-hydrogen) atoms. The maximum Gasteiger partial charge on any atom is 0.157 e. The lowest BCUT2D eigenvalue weighted by Crippen LogP contribution is -2.05. The second-order valence-corrected chi connectivity index (χ2v) is 3.54. The molecule has 0 aromatic heterocycles. The Morgan fingerprint density at radius 2 is 1.27 bits per heavy atom. The van der Waals surface area contributed by atoms with Crippen molar-refractivity contribution in [1.82, 2.24) is 0 Å². The Hall–Kier alpha value is -1.83. The lowest BCUT2D eigenvalue weighted by Gasteiger charge is -2.22. The van der Waals surface area contributed by atoms with Gasteiger partial charge in [-0.05, 0) is 12.1 Å². The Morgan fingerprint density at radius 1 is 0.800 bits per heavy atom. The number of hydrogen-bond acceptors (Lipinski definition) is 1. The maximum atomic E-state index is 14.1. The summed E-state index contributed by atoms with van der Waals surface area (Å²) in [7, 11) is 0. The van der Waals surface area contributed by atoms with Crippen molar-refractivity contribution in [1.29, 1.82) is 0 Å². The normalized spacial score (nSPS) is 13.9. The Bertz CT molecular complexity index is 462. The van der Waals surface area contributed by atoms with Crippen molar-refractivity contribution in [3.63, 3.8) is 0 Å². The van der Waals surface area contributed by atoms with E-state index in [2.05, 4.69) is 0 Å². The molecule has 0 radical (unpaired) electrons. The fourth-order valence-electron chi connectivity index (χ4n) is 1.85. The smallest absolute Gasteiger partial charge is 0.157 e. The molecule has 1 aliphatic rings. The fraction of sp³-hybridized carbons (Fsp3) is 0.0769. The summed E-state index contributed by atoms with van der Waals surface area (Å²) < 4.78 is 19.7. The minimum atomic E-state index is -1.08. The summed E-state index contributed by atoms with van der Waals surface area (Å²) in [5, 5.41) is 0. The topological polar surface area (TPSA) is 9.23 Å². The van der Waals surface area contributed by atoms with Gasteiger partial charge in [0.2, 0.25) is 0 Å². The van der Waals surface area contributed by atoms with Crippen LogP contribution < -0.4 is 4.74 Å². The highest BCUT2D eigenvalue weighted by molar-refractivity contribution is 5.51. The summed E-state index contributed by atoms with van der Waals surface area (Å²) in [5.74, 6) is 1.23. The molecule has 0 saturated carbocycles. The molecule has 0 amide bonds. The summed E-state index contributed by atoms with van der Waals surface area (Å²) in [6.45, 7) is 0. The van der Waals surface area contributed by atoms with Gasteiger partial charge in [0.15, 0.2) is 6.17 Å². The minimum absolute atomic E-state index is 0.608. The van der Waals surface area contributed by atoms with Gasteiger partial charge in [0.05, 0.1) is 0 Å². The van der Waals surface area contributed by atoms with E-state index in [0.29, 0.717) is 22.6 Å². The number of benzene rings is 2. The van der Waals surface area contributed by atoms with Crippen LogP contribution in [0.4, 0.5) is 4.39 Å². The number of fused-ring (bicyclic) bond motifs is 2. The van der Waals surface area contributed by atoms with Crippen LogP contribution in [0.5, 0.6) is 11.5 Å². The van der Waals surface area contributed by atoms with Gasteiger partial charge in [0, 0.05) is 11.1 Å². The molecule has 2 heteroatoms. The summed E-state index contributed by atoms with van der Waals surface area (Å²) >= 11 is 0. The molecule has 0 fully saturated rings. The molecule has 1 heterocycles. The van der Waals surface area contributed by atoms with Crippen molar-refractivity contribution in [3.05, 3.63) is 59.7 Å². The van der Waals surface area contributed by atoms with Crippen LogP contribution in [0.25, 0.3) is 0 Å².